The molecule has 0 fully saturated rings. The summed E-state index contributed by atoms with van der Waals surface area (Å²) in [6, 6.07) is 18.9. The second-order valence-electron chi connectivity index (χ2n) is 8.28. The molecule has 176 valence electrons. The molecular weight excluding hydrogens is 432 g/mol. The van der Waals surface area contributed by atoms with Gasteiger partial charge in [-0.1, -0.05) is 29.8 Å². The molecule has 7 nitrogen and oxygen atoms in total. The standard InChI is InChI=1S/C27H28N2O5/c1-18-5-9-22(10-6-18)32-13-12-29-23-11-8-21(15-25(23)34-17-27(29)31)28-26(30)16-33-24-14-19(2)4-7-20(24)3/h4-11,14-15H,12-13,16-17H2,1-3H3,(H,28,30). The minimum Gasteiger partial charge on any atom is -0.492 e. The van der Waals surface area contributed by atoms with Gasteiger partial charge in [0.2, 0.25) is 0 Å². The zero-order chi connectivity index (χ0) is 24.1. The SMILES string of the molecule is Cc1ccc(OCCN2C(=O)COc3cc(NC(=O)COc4cc(C)ccc4C)ccc32)cc1. The van der Waals surface area contributed by atoms with Gasteiger partial charge in [-0.2, -0.15) is 0 Å². The van der Waals surface area contributed by atoms with Crippen molar-refractivity contribution >= 4 is 23.2 Å². The molecule has 0 aromatic heterocycles. The van der Waals surface area contributed by atoms with Crippen molar-refractivity contribution in [3.05, 3.63) is 77.4 Å². The Morgan fingerprint density at radius 1 is 0.971 bits per heavy atom. The maximum atomic E-state index is 12.4. The van der Waals surface area contributed by atoms with Crippen LogP contribution in [-0.4, -0.2) is 38.2 Å². The number of hydrogen-bond donors (Lipinski definition) is 1. The van der Waals surface area contributed by atoms with Crippen molar-refractivity contribution in [1.29, 1.82) is 0 Å². The van der Waals surface area contributed by atoms with Gasteiger partial charge >= 0.3 is 0 Å². The highest BCUT2D eigenvalue weighted by Gasteiger charge is 2.26. The van der Waals surface area contributed by atoms with Gasteiger partial charge in [0.1, 0.15) is 23.9 Å². The Kier molecular flexibility index (Phi) is 7.01. The van der Waals surface area contributed by atoms with Gasteiger partial charge in [0.15, 0.2) is 13.2 Å². The second kappa shape index (κ2) is 10.3. The van der Waals surface area contributed by atoms with Crippen molar-refractivity contribution in [3.8, 4) is 17.2 Å². The zero-order valence-electron chi connectivity index (χ0n) is 19.6. The third-order valence-electron chi connectivity index (χ3n) is 5.49. The van der Waals surface area contributed by atoms with E-state index in [0.29, 0.717) is 36.0 Å². The Morgan fingerprint density at radius 3 is 2.53 bits per heavy atom. The number of hydrogen-bond acceptors (Lipinski definition) is 5. The number of amides is 2. The summed E-state index contributed by atoms with van der Waals surface area (Å²) in [6.07, 6.45) is 0. The van der Waals surface area contributed by atoms with Gasteiger partial charge in [0, 0.05) is 11.8 Å². The number of nitrogens with zero attached hydrogens (tertiary/aromatic N) is 1. The number of aryl methyl sites for hydroxylation is 3. The molecule has 1 aliphatic heterocycles. The largest absolute Gasteiger partial charge is 0.492 e. The Labute approximate surface area is 199 Å². The summed E-state index contributed by atoms with van der Waals surface area (Å²) < 4.78 is 17.1. The Balaban J connectivity index is 1.35. The number of carbonyl (C=O) groups excluding carboxylic acids is 2. The van der Waals surface area contributed by atoms with E-state index in [9.17, 15) is 9.59 Å². The maximum absolute atomic E-state index is 12.4. The summed E-state index contributed by atoms with van der Waals surface area (Å²) >= 11 is 0. The number of benzene rings is 3. The third-order valence-corrected chi connectivity index (χ3v) is 5.49. The summed E-state index contributed by atoms with van der Waals surface area (Å²) in [7, 11) is 0. The lowest BCUT2D eigenvalue weighted by atomic mass is 10.1. The topological polar surface area (TPSA) is 77.1 Å². The summed E-state index contributed by atoms with van der Waals surface area (Å²) in [5.41, 5.74) is 4.41. The first-order valence-electron chi connectivity index (χ1n) is 11.2. The van der Waals surface area contributed by atoms with Gasteiger partial charge < -0.3 is 24.4 Å². The fraction of sp³-hybridized carbons (Fsp3) is 0.259. The van der Waals surface area contributed by atoms with E-state index in [-0.39, 0.29) is 25.0 Å². The van der Waals surface area contributed by atoms with Gasteiger partial charge in [-0.05, 0) is 62.2 Å². The average molecular weight is 461 g/mol. The third kappa shape index (κ3) is 5.67. The lowest BCUT2D eigenvalue weighted by Crippen LogP contribution is -2.41. The molecule has 1 heterocycles. The fourth-order valence-corrected chi connectivity index (χ4v) is 3.62. The van der Waals surface area contributed by atoms with Crippen LogP contribution in [0.1, 0.15) is 16.7 Å². The molecule has 0 atom stereocenters. The highest BCUT2D eigenvalue weighted by atomic mass is 16.5. The molecule has 0 radical (unpaired) electrons. The van der Waals surface area contributed by atoms with Crippen LogP contribution >= 0.6 is 0 Å². The van der Waals surface area contributed by atoms with Crippen molar-refractivity contribution in [2.24, 2.45) is 0 Å². The normalized spacial score (nSPS) is 12.6. The van der Waals surface area contributed by atoms with Crippen LogP contribution < -0.4 is 24.4 Å². The molecule has 0 bridgehead atoms. The van der Waals surface area contributed by atoms with Crippen LogP contribution in [0.4, 0.5) is 11.4 Å². The van der Waals surface area contributed by atoms with E-state index in [1.54, 1.807) is 23.1 Å². The molecule has 34 heavy (non-hydrogen) atoms. The quantitative estimate of drug-likeness (QED) is 0.538. The van der Waals surface area contributed by atoms with Crippen LogP contribution in [0.3, 0.4) is 0 Å². The monoisotopic (exact) mass is 460 g/mol. The molecule has 0 saturated heterocycles. The number of ether oxygens (including phenoxy) is 3. The Morgan fingerprint density at radius 2 is 1.74 bits per heavy atom. The van der Waals surface area contributed by atoms with Gasteiger partial charge in [0.25, 0.3) is 11.8 Å². The van der Waals surface area contributed by atoms with Crippen LogP contribution in [0.2, 0.25) is 0 Å². The van der Waals surface area contributed by atoms with Gasteiger partial charge in [-0.15, -0.1) is 0 Å². The summed E-state index contributed by atoms with van der Waals surface area (Å²) in [4.78, 5) is 26.5. The predicted molar refractivity (Wildman–Crippen MR) is 131 cm³/mol. The fourth-order valence-electron chi connectivity index (χ4n) is 3.62. The smallest absolute Gasteiger partial charge is 0.265 e. The first-order valence-corrected chi connectivity index (χ1v) is 11.2. The molecule has 4 rings (SSSR count). The van der Waals surface area contributed by atoms with Crippen LogP contribution in [0, 0.1) is 20.8 Å². The minimum atomic E-state index is -0.281. The van der Waals surface area contributed by atoms with Crippen molar-refractivity contribution in [2.75, 3.05) is 36.6 Å². The number of carbonyl (C=O) groups is 2. The minimum absolute atomic E-state index is 0.0648. The van der Waals surface area contributed by atoms with Crippen molar-refractivity contribution in [2.45, 2.75) is 20.8 Å². The highest BCUT2D eigenvalue weighted by molar-refractivity contribution is 5.99. The molecule has 2 amide bonds. The summed E-state index contributed by atoms with van der Waals surface area (Å²) in [6.45, 7) is 6.49. The molecule has 7 heteroatoms. The number of nitrogens with one attached hydrogen (secondary N) is 1. The molecule has 1 aliphatic rings. The molecule has 0 aliphatic carbocycles. The predicted octanol–water partition coefficient (Wildman–Crippen LogP) is 4.43. The highest BCUT2D eigenvalue weighted by Crippen LogP contribution is 2.34. The summed E-state index contributed by atoms with van der Waals surface area (Å²) in [5.74, 6) is 1.55. The lowest BCUT2D eigenvalue weighted by molar-refractivity contribution is -0.121. The molecule has 0 saturated carbocycles. The van der Waals surface area contributed by atoms with Crippen LogP contribution in [-0.2, 0) is 9.59 Å². The first kappa shape index (κ1) is 23.2. The molecule has 3 aromatic rings. The molecule has 1 N–H and O–H groups in total. The molecular formula is C27H28N2O5. The van der Waals surface area contributed by atoms with E-state index in [0.717, 1.165) is 22.4 Å². The maximum Gasteiger partial charge on any atom is 0.265 e. The zero-order valence-corrected chi connectivity index (χ0v) is 19.6. The molecule has 0 spiro atoms. The van der Waals surface area contributed by atoms with Crippen molar-refractivity contribution in [3.63, 3.8) is 0 Å². The first-order chi connectivity index (χ1) is 16.4. The van der Waals surface area contributed by atoms with E-state index < -0.39 is 0 Å². The van der Waals surface area contributed by atoms with E-state index in [2.05, 4.69) is 5.32 Å². The Bertz CT molecular complexity index is 1190. The second-order valence-corrected chi connectivity index (χ2v) is 8.28. The Hall–Kier alpha value is -4.00. The van der Waals surface area contributed by atoms with Crippen molar-refractivity contribution < 1.29 is 23.8 Å². The van der Waals surface area contributed by atoms with Crippen LogP contribution in [0.5, 0.6) is 17.2 Å². The number of anilines is 2. The lowest BCUT2D eigenvalue weighted by Gasteiger charge is -2.29. The van der Waals surface area contributed by atoms with Crippen LogP contribution in [0.25, 0.3) is 0 Å². The van der Waals surface area contributed by atoms with Gasteiger partial charge in [-0.25, -0.2) is 0 Å². The van der Waals surface area contributed by atoms with E-state index in [4.69, 9.17) is 14.2 Å². The van der Waals surface area contributed by atoms with E-state index in [1.165, 1.54) is 0 Å². The number of rotatable bonds is 8. The van der Waals surface area contributed by atoms with Crippen LogP contribution in [0.15, 0.2) is 60.7 Å². The van der Waals surface area contributed by atoms with Gasteiger partial charge in [-0.3, -0.25) is 9.59 Å². The van der Waals surface area contributed by atoms with E-state index in [1.807, 2.05) is 63.2 Å². The van der Waals surface area contributed by atoms with Gasteiger partial charge in [0.05, 0.1) is 12.2 Å². The molecule has 3 aromatic carbocycles. The summed E-state index contributed by atoms with van der Waals surface area (Å²) in [5, 5.41) is 2.82. The van der Waals surface area contributed by atoms with E-state index >= 15 is 0 Å². The van der Waals surface area contributed by atoms with Crippen molar-refractivity contribution in [1.82, 2.24) is 0 Å². The average Bonchev–Trinajstić information content (AvgIpc) is 2.82. The molecule has 0 unspecified atom stereocenters. The number of fused-ring (bicyclic) bond motifs is 1.